The molecular formula is C24H40O5. The minimum atomic E-state index is -0.908. The number of carbonyl (C=O) groups is 2. The van der Waals surface area contributed by atoms with Crippen LogP contribution < -0.4 is 0 Å². The van der Waals surface area contributed by atoms with Crippen molar-refractivity contribution in [2.75, 3.05) is 13.2 Å². The summed E-state index contributed by atoms with van der Waals surface area (Å²) < 4.78 is 0. The van der Waals surface area contributed by atoms with E-state index in [1.807, 2.05) is 0 Å². The van der Waals surface area contributed by atoms with Crippen LogP contribution >= 0.6 is 0 Å². The number of allylic oxidation sites excluding steroid dienone is 2. The van der Waals surface area contributed by atoms with Crippen LogP contribution in [0.3, 0.4) is 0 Å². The average molecular weight is 409 g/mol. The van der Waals surface area contributed by atoms with Crippen molar-refractivity contribution in [3.8, 4) is 0 Å². The molecule has 0 spiro atoms. The van der Waals surface area contributed by atoms with Crippen molar-refractivity contribution < 1.29 is 24.9 Å². The van der Waals surface area contributed by atoms with Gasteiger partial charge in [-0.1, -0.05) is 52.9 Å². The van der Waals surface area contributed by atoms with E-state index in [0.717, 1.165) is 18.8 Å². The van der Waals surface area contributed by atoms with Gasteiger partial charge in [-0.05, 0) is 44.9 Å². The van der Waals surface area contributed by atoms with E-state index in [0.29, 0.717) is 29.9 Å². The Bertz CT molecular complexity index is 640. The predicted octanol–water partition coefficient (Wildman–Crippen LogP) is 3.90. The molecule has 0 radical (unpaired) electrons. The number of hydrogen-bond donors (Lipinski definition) is 3. The quantitative estimate of drug-likeness (QED) is 0.402. The minimum Gasteiger partial charge on any atom is -0.392 e. The van der Waals surface area contributed by atoms with Crippen LogP contribution in [0.1, 0.15) is 86.0 Å². The van der Waals surface area contributed by atoms with Gasteiger partial charge in [0.05, 0.1) is 18.8 Å². The fourth-order valence-corrected chi connectivity index (χ4v) is 3.99. The van der Waals surface area contributed by atoms with Crippen LogP contribution in [0.4, 0.5) is 0 Å². The first-order valence-electron chi connectivity index (χ1n) is 11.0. The van der Waals surface area contributed by atoms with Gasteiger partial charge in [-0.25, -0.2) is 0 Å². The largest absolute Gasteiger partial charge is 0.392 e. The zero-order chi connectivity index (χ0) is 22.2. The lowest BCUT2D eigenvalue weighted by atomic mass is 9.81. The van der Waals surface area contributed by atoms with Crippen LogP contribution in [0.25, 0.3) is 0 Å². The standard InChI is InChI=1S/C24H40O5/c1-16(2)8-6-9-17(3)10-7-12-24(5,29)13-11-19-18(4)22(27)20(14-25)21(15-26)23(19)28/h16-17,25-26,29H,6-15H2,1-5H3/t17-,24-/m1/s1. The molecule has 5 heteroatoms. The molecule has 0 saturated heterocycles. The molecule has 5 nitrogen and oxygen atoms in total. The number of aliphatic hydroxyl groups is 3. The first-order chi connectivity index (χ1) is 13.5. The van der Waals surface area contributed by atoms with Crippen molar-refractivity contribution in [1.82, 2.24) is 0 Å². The molecule has 0 amide bonds. The smallest absolute Gasteiger partial charge is 0.188 e. The third kappa shape index (κ3) is 7.80. The Morgan fingerprint density at radius 1 is 0.828 bits per heavy atom. The molecule has 0 aromatic rings. The van der Waals surface area contributed by atoms with E-state index >= 15 is 0 Å². The Balaban J connectivity index is 2.57. The molecule has 0 heterocycles. The van der Waals surface area contributed by atoms with E-state index in [1.165, 1.54) is 19.3 Å². The van der Waals surface area contributed by atoms with Gasteiger partial charge < -0.3 is 15.3 Å². The highest BCUT2D eigenvalue weighted by atomic mass is 16.3. The van der Waals surface area contributed by atoms with Crippen LogP contribution in [0, 0.1) is 11.8 Å². The highest BCUT2D eigenvalue weighted by Crippen LogP contribution is 2.31. The topological polar surface area (TPSA) is 94.8 Å². The second-order valence-corrected chi connectivity index (χ2v) is 9.35. The third-order valence-corrected chi connectivity index (χ3v) is 6.10. The monoisotopic (exact) mass is 408 g/mol. The van der Waals surface area contributed by atoms with Crippen LogP contribution in [0.5, 0.6) is 0 Å². The lowest BCUT2D eigenvalue weighted by Crippen LogP contribution is -2.29. The van der Waals surface area contributed by atoms with E-state index in [9.17, 15) is 24.9 Å². The van der Waals surface area contributed by atoms with E-state index in [1.54, 1.807) is 13.8 Å². The van der Waals surface area contributed by atoms with Crippen molar-refractivity contribution in [3.63, 3.8) is 0 Å². The van der Waals surface area contributed by atoms with Gasteiger partial charge in [0.2, 0.25) is 0 Å². The Morgan fingerprint density at radius 3 is 1.93 bits per heavy atom. The fraction of sp³-hybridized carbons (Fsp3) is 0.750. The summed E-state index contributed by atoms with van der Waals surface area (Å²) in [7, 11) is 0. The van der Waals surface area contributed by atoms with Crippen LogP contribution in [0.15, 0.2) is 22.3 Å². The molecule has 3 N–H and O–H groups in total. The number of aliphatic hydroxyl groups excluding tert-OH is 2. The Labute approximate surface area is 175 Å². The van der Waals surface area contributed by atoms with Gasteiger partial charge in [0, 0.05) is 22.3 Å². The fourth-order valence-electron chi connectivity index (χ4n) is 3.99. The minimum absolute atomic E-state index is 0.0167. The normalized spacial score (nSPS) is 18.7. The van der Waals surface area contributed by atoms with Crippen molar-refractivity contribution in [3.05, 3.63) is 22.3 Å². The maximum atomic E-state index is 12.6. The lowest BCUT2D eigenvalue weighted by Gasteiger charge is -2.26. The van der Waals surface area contributed by atoms with E-state index in [4.69, 9.17) is 0 Å². The summed E-state index contributed by atoms with van der Waals surface area (Å²) in [4.78, 5) is 25.0. The second-order valence-electron chi connectivity index (χ2n) is 9.35. The van der Waals surface area contributed by atoms with Crippen molar-refractivity contribution >= 4 is 11.6 Å². The lowest BCUT2D eigenvalue weighted by molar-refractivity contribution is -0.117. The van der Waals surface area contributed by atoms with E-state index < -0.39 is 18.8 Å². The van der Waals surface area contributed by atoms with Gasteiger partial charge >= 0.3 is 0 Å². The molecule has 0 fully saturated rings. The zero-order valence-electron chi connectivity index (χ0n) is 18.9. The van der Waals surface area contributed by atoms with Gasteiger partial charge in [0.25, 0.3) is 0 Å². The summed E-state index contributed by atoms with van der Waals surface area (Å²) in [5.74, 6) is 0.607. The van der Waals surface area contributed by atoms with Crippen LogP contribution in [0.2, 0.25) is 0 Å². The number of carbonyl (C=O) groups excluding carboxylic acids is 2. The summed E-state index contributed by atoms with van der Waals surface area (Å²) in [5.41, 5.74) is -0.288. The maximum absolute atomic E-state index is 12.6. The van der Waals surface area contributed by atoms with Crippen LogP contribution in [-0.4, -0.2) is 45.7 Å². The van der Waals surface area contributed by atoms with Gasteiger partial charge in [-0.2, -0.15) is 0 Å². The third-order valence-electron chi connectivity index (χ3n) is 6.10. The summed E-state index contributed by atoms with van der Waals surface area (Å²) in [6, 6.07) is 0. The van der Waals surface area contributed by atoms with Crippen molar-refractivity contribution in [1.29, 1.82) is 0 Å². The first-order valence-corrected chi connectivity index (χ1v) is 11.0. The van der Waals surface area contributed by atoms with Gasteiger partial charge in [-0.15, -0.1) is 0 Å². The molecular weight excluding hydrogens is 368 g/mol. The molecule has 0 unspecified atom stereocenters. The SMILES string of the molecule is CC1=C(CC[C@](C)(O)CCC[C@H](C)CCCC(C)C)C(=O)C(CO)=C(CO)C1=O. The number of ketones is 2. The number of Topliss-reactive ketones (excluding diaryl/α,β-unsaturated/α-hetero) is 2. The van der Waals surface area contributed by atoms with Gasteiger partial charge in [-0.3, -0.25) is 9.59 Å². The van der Waals surface area contributed by atoms with Crippen molar-refractivity contribution in [2.45, 2.75) is 91.6 Å². The van der Waals surface area contributed by atoms with Gasteiger partial charge in [0.15, 0.2) is 11.6 Å². The summed E-state index contributed by atoms with van der Waals surface area (Å²) in [5, 5.41) is 29.6. The highest BCUT2D eigenvalue weighted by molar-refractivity contribution is 6.25. The Morgan fingerprint density at radius 2 is 1.38 bits per heavy atom. The molecule has 166 valence electrons. The molecule has 0 aromatic heterocycles. The number of rotatable bonds is 13. The molecule has 1 rings (SSSR count). The molecule has 29 heavy (non-hydrogen) atoms. The molecule has 0 aliphatic heterocycles. The van der Waals surface area contributed by atoms with E-state index in [-0.39, 0.29) is 29.1 Å². The molecule has 2 atom stereocenters. The first kappa shape index (κ1) is 25.7. The maximum Gasteiger partial charge on any atom is 0.188 e. The molecule has 1 aliphatic carbocycles. The molecule has 0 bridgehead atoms. The van der Waals surface area contributed by atoms with E-state index in [2.05, 4.69) is 20.8 Å². The molecule has 0 aromatic carbocycles. The van der Waals surface area contributed by atoms with Crippen LogP contribution in [-0.2, 0) is 9.59 Å². The summed E-state index contributed by atoms with van der Waals surface area (Å²) in [6.45, 7) is 8.98. The predicted molar refractivity (Wildman–Crippen MR) is 115 cm³/mol. The highest BCUT2D eigenvalue weighted by Gasteiger charge is 2.32. The molecule has 1 aliphatic rings. The summed E-state index contributed by atoms with van der Waals surface area (Å²) in [6.07, 6.45) is 7.04. The average Bonchev–Trinajstić information content (AvgIpc) is 2.63. The Kier molecular flexibility index (Phi) is 10.4. The Hall–Kier alpha value is -1.30. The summed E-state index contributed by atoms with van der Waals surface area (Å²) >= 11 is 0. The molecule has 0 saturated carbocycles. The number of hydrogen-bond acceptors (Lipinski definition) is 5. The zero-order valence-corrected chi connectivity index (χ0v) is 18.9. The van der Waals surface area contributed by atoms with Gasteiger partial charge in [0.1, 0.15) is 0 Å². The van der Waals surface area contributed by atoms with Crippen molar-refractivity contribution in [2.24, 2.45) is 11.8 Å². The second kappa shape index (κ2) is 11.8.